The molecular weight excluding hydrogens is 276 g/mol. The predicted octanol–water partition coefficient (Wildman–Crippen LogP) is 2.52. The van der Waals surface area contributed by atoms with Crippen molar-refractivity contribution in [1.82, 2.24) is 14.5 Å². The number of hydrogen-bond donors (Lipinski definition) is 0. The van der Waals surface area contributed by atoms with E-state index in [9.17, 15) is 4.79 Å². The SMILES string of the molecule is CCC(CC)c1cc2c(N3CCN(C=O)CC3)ccnn2c1. The fourth-order valence-electron chi connectivity index (χ4n) is 3.34. The first-order chi connectivity index (χ1) is 10.8. The lowest BCUT2D eigenvalue weighted by molar-refractivity contribution is -0.118. The number of anilines is 1. The van der Waals surface area contributed by atoms with Gasteiger partial charge >= 0.3 is 0 Å². The van der Waals surface area contributed by atoms with Crippen molar-refractivity contribution in [2.75, 3.05) is 31.1 Å². The standard InChI is InChI=1S/C17H24N4O/c1-3-14(4-2)15-11-17-16(5-6-18-21(17)12-15)20-9-7-19(13-22)8-10-20/h5-6,11-14H,3-4,7-10H2,1-2H3. The van der Waals surface area contributed by atoms with E-state index < -0.39 is 0 Å². The van der Waals surface area contributed by atoms with Crippen molar-refractivity contribution in [3.63, 3.8) is 0 Å². The van der Waals surface area contributed by atoms with E-state index in [1.165, 1.54) is 16.8 Å². The van der Waals surface area contributed by atoms with Crippen LogP contribution in [0.3, 0.4) is 0 Å². The maximum absolute atomic E-state index is 10.9. The van der Waals surface area contributed by atoms with Crippen LogP contribution in [0, 0.1) is 0 Å². The van der Waals surface area contributed by atoms with Crippen LogP contribution in [-0.2, 0) is 4.79 Å². The Balaban J connectivity index is 1.91. The molecule has 0 spiro atoms. The summed E-state index contributed by atoms with van der Waals surface area (Å²) in [5.74, 6) is 0.599. The summed E-state index contributed by atoms with van der Waals surface area (Å²) in [6, 6.07) is 4.37. The van der Waals surface area contributed by atoms with Crippen LogP contribution in [0.5, 0.6) is 0 Å². The predicted molar refractivity (Wildman–Crippen MR) is 88.4 cm³/mol. The van der Waals surface area contributed by atoms with Gasteiger partial charge in [0.05, 0.1) is 11.2 Å². The zero-order valence-electron chi connectivity index (χ0n) is 13.4. The molecule has 1 saturated heterocycles. The first kappa shape index (κ1) is 14.9. The molecule has 22 heavy (non-hydrogen) atoms. The average molecular weight is 300 g/mol. The molecule has 0 N–H and O–H groups in total. The molecule has 0 saturated carbocycles. The van der Waals surface area contributed by atoms with Gasteiger partial charge in [-0.2, -0.15) is 5.10 Å². The fourth-order valence-corrected chi connectivity index (χ4v) is 3.34. The van der Waals surface area contributed by atoms with E-state index in [0.29, 0.717) is 5.92 Å². The van der Waals surface area contributed by atoms with Gasteiger partial charge in [0, 0.05) is 38.6 Å². The Morgan fingerprint density at radius 1 is 1.23 bits per heavy atom. The highest BCUT2D eigenvalue weighted by Crippen LogP contribution is 2.29. The highest BCUT2D eigenvalue weighted by molar-refractivity contribution is 5.74. The number of amides is 1. The Morgan fingerprint density at radius 2 is 1.95 bits per heavy atom. The third-order valence-electron chi connectivity index (χ3n) is 4.77. The first-order valence-corrected chi connectivity index (χ1v) is 8.18. The Hall–Kier alpha value is -2.04. The largest absolute Gasteiger partial charge is 0.366 e. The molecular formula is C17H24N4O. The van der Waals surface area contributed by atoms with Crippen molar-refractivity contribution < 1.29 is 4.79 Å². The number of aromatic nitrogens is 2. The lowest BCUT2D eigenvalue weighted by atomic mass is 9.96. The van der Waals surface area contributed by atoms with Crippen LogP contribution in [0.25, 0.3) is 5.52 Å². The summed E-state index contributed by atoms with van der Waals surface area (Å²) in [5, 5.41) is 4.46. The summed E-state index contributed by atoms with van der Waals surface area (Å²) in [5.41, 5.74) is 3.76. The molecule has 2 aromatic heterocycles. The fraction of sp³-hybridized carbons (Fsp3) is 0.529. The quantitative estimate of drug-likeness (QED) is 0.797. The van der Waals surface area contributed by atoms with Gasteiger partial charge in [0.1, 0.15) is 0 Å². The highest BCUT2D eigenvalue weighted by atomic mass is 16.1. The maximum atomic E-state index is 10.9. The van der Waals surface area contributed by atoms with Gasteiger partial charge in [0.2, 0.25) is 6.41 Å². The molecule has 1 fully saturated rings. The lowest BCUT2D eigenvalue weighted by Crippen LogP contribution is -2.45. The van der Waals surface area contributed by atoms with Gasteiger partial charge in [0.15, 0.2) is 0 Å². The number of nitrogens with zero attached hydrogens (tertiary/aromatic N) is 4. The molecule has 118 valence electrons. The van der Waals surface area contributed by atoms with Gasteiger partial charge in [-0.25, -0.2) is 4.52 Å². The van der Waals surface area contributed by atoms with Crippen molar-refractivity contribution in [2.24, 2.45) is 0 Å². The molecule has 2 aromatic rings. The lowest BCUT2D eigenvalue weighted by Gasteiger charge is -2.34. The molecule has 3 heterocycles. The Bertz CT molecular complexity index is 639. The van der Waals surface area contributed by atoms with E-state index in [1.807, 2.05) is 15.6 Å². The van der Waals surface area contributed by atoms with Crippen molar-refractivity contribution in [2.45, 2.75) is 32.6 Å². The average Bonchev–Trinajstić information content (AvgIpc) is 3.00. The number of hydrogen-bond acceptors (Lipinski definition) is 3. The number of piperazine rings is 1. The summed E-state index contributed by atoms with van der Waals surface area (Å²) < 4.78 is 2.00. The summed E-state index contributed by atoms with van der Waals surface area (Å²) in [6.45, 7) is 7.82. The molecule has 1 aliphatic rings. The van der Waals surface area contributed by atoms with E-state index in [0.717, 1.165) is 45.4 Å². The van der Waals surface area contributed by atoms with Gasteiger partial charge in [-0.3, -0.25) is 4.79 Å². The summed E-state index contributed by atoms with van der Waals surface area (Å²) >= 11 is 0. The first-order valence-electron chi connectivity index (χ1n) is 8.18. The maximum Gasteiger partial charge on any atom is 0.209 e. The van der Waals surface area contributed by atoms with E-state index in [-0.39, 0.29) is 0 Å². The van der Waals surface area contributed by atoms with Crippen molar-refractivity contribution in [1.29, 1.82) is 0 Å². The molecule has 0 bridgehead atoms. The van der Waals surface area contributed by atoms with Crippen LogP contribution in [0.15, 0.2) is 24.5 Å². The molecule has 0 radical (unpaired) electrons. The van der Waals surface area contributed by atoms with Crippen molar-refractivity contribution in [3.05, 3.63) is 30.1 Å². The summed E-state index contributed by atoms with van der Waals surface area (Å²) in [6.07, 6.45) is 7.28. The van der Waals surface area contributed by atoms with Gasteiger partial charge in [-0.15, -0.1) is 0 Å². The third kappa shape index (κ3) is 2.67. The molecule has 5 heteroatoms. The molecule has 0 aromatic carbocycles. The number of carbonyl (C=O) groups is 1. The van der Waals surface area contributed by atoms with Crippen LogP contribution in [-0.4, -0.2) is 47.1 Å². The van der Waals surface area contributed by atoms with E-state index in [1.54, 1.807) is 0 Å². The number of carbonyl (C=O) groups excluding carboxylic acids is 1. The van der Waals surface area contributed by atoms with Gasteiger partial charge < -0.3 is 9.80 Å². The number of fused-ring (bicyclic) bond motifs is 1. The summed E-state index contributed by atoms with van der Waals surface area (Å²) in [7, 11) is 0. The highest BCUT2D eigenvalue weighted by Gasteiger charge is 2.19. The molecule has 5 nitrogen and oxygen atoms in total. The normalized spacial score (nSPS) is 15.8. The van der Waals surface area contributed by atoms with Gasteiger partial charge in [-0.1, -0.05) is 13.8 Å². The second kappa shape index (κ2) is 6.38. The molecule has 0 unspecified atom stereocenters. The Morgan fingerprint density at radius 3 is 2.59 bits per heavy atom. The molecule has 0 aliphatic carbocycles. The minimum atomic E-state index is 0.599. The second-order valence-electron chi connectivity index (χ2n) is 5.96. The summed E-state index contributed by atoms with van der Waals surface area (Å²) in [4.78, 5) is 15.0. The van der Waals surface area contributed by atoms with E-state index >= 15 is 0 Å². The molecule has 1 amide bonds. The second-order valence-corrected chi connectivity index (χ2v) is 5.96. The van der Waals surface area contributed by atoms with Crippen molar-refractivity contribution >= 4 is 17.6 Å². The minimum absolute atomic E-state index is 0.599. The van der Waals surface area contributed by atoms with Crippen LogP contribution in [0.2, 0.25) is 0 Å². The van der Waals surface area contributed by atoms with Crippen LogP contribution in [0.4, 0.5) is 5.69 Å². The van der Waals surface area contributed by atoms with Crippen LogP contribution in [0.1, 0.15) is 38.2 Å². The Labute approximate surface area is 131 Å². The molecule has 3 rings (SSSR count). The Kier molecular flexibility index (Phi) is 4.32. The monoisotopic (exact) mass is 300 g/mol. The third-order valence-corrected chi connectivity index (χ3v) is 4.77. The smallest absolute Gasteiger partial charge is 0.209 e. The zero-order valence-corrected chi connectivity index (χ0v) is 13.4. The van der Waals surface area contributed by atoms with Crippen LogP contribution >= 0.6 is 0 Å². The number of rotatable bonds is 5. The molecule has 1 aliphatic heterocycles. The topological polar surface area (TPSA) is 40.8 Å². The van der Waals surface area contributed by atoms with Gasteiger partial charge in [0.25, 0.3) is 0 Å². The van der Waals surface area contributed by atoms with E-state index in [4.69, 9.17) is 0 Å². The molecule has 0 atom stereocenters. The van der Waals surface area contributed by atoms with Gasteiger partial charge in [-0.05, 0) is 36.5 Å². The van der Waals surface area contributed by atoms with Crippen molar-refractivity contribution in [3.8, 4) is 0 Å². The zero-order chi connectivity index (χ0) is 15.5. The minimum Gasteiger partial charge on any atom is -0.366 e. The van der Waals surface area contributed by atoms with E-state index in [2.05, 4.69) is 42.2 Å². The van der Waals surface area contributed by atoms with Crippen LogP contribution < -0.4 is 4.90 Å².